The molecule has 0 atom stereocenters. The molecule has 0 spiro atoms. The van der Waals surface area contributed by atoms with Crippen molar-refractivity contribution in [3.05, 3.63) is 33.5 Å². The van der Waals surface area contributed by atoms with Gasteiger partial charge in [0.05, 0.1) is 10.7 Å². The molecular weight excluding hydrogens is 341 g/mol. The molecule has 0 aliphatic rings. The number of unbranched alkanes of at least 4 members (excludes halogenated alkanes) is 1. The molecule has 96 valence electrons. The summed E-state index contributed by atoms with van der Waals surface area (Å²) in [5.74, 6) is -0.258. The van der Waals surface area contributed by atoms with E-state index < -0.39 is 0 Å². The molecule has 0 saturated carbocycles. The monoisotopic (exact) mass is 357 g/mol. The van der Waals surface area contributed by atoms with Crippen LogP contribution in [-0.4, -0.2) is 17.6 Å². The zero-order valence-corrected chi connectivity index (χ0v) is 12.7. The van der Waals surface area contributed by atoms with Crippen LogP contribution in [0.2, 0.25) is 0 Å². The number of hydrogen-bond donors (Lipinski definition) is 0. The third-order valence-electron chi connectivity index (χ3n) is 3.02. The van der Waals surface area contributed by atoms with Gasteiger partial charge in [0.25, 0.3) is 0 Å². The lowest BCUT2D eigenvalue weighted by Crippen LogP contribution is -2.12. The van der Waals surface area contributed by atoms with Crippen molar-refractivity contribution in [2.75, 3.05) is 7.11 Å². The van der Waals surface area contributed by atoms with E-state index in [9.17, 15) is 4.79 Å². The van der Waals surface area contributed by atoms with Gasteiger partial charge in [0.2, 0.25) is 0 Å². The number of ether oxygens (including phenoxy) is 1. The molecule has 1 aromatic carbocycles. The smallest absolute Gasteiger partial charge is 0.355 e. The van der Waals surface area contributed by atoms with Gasteiger partial charge in [-0.3, -0.25) is 0 Å². The first-order chi connectivity index (χ1) is 8.70. The van der Waals surface area contributed by atoms with Gasteiger partial charge in [0.1, 0.15) is 5.69 Å². The largest absolute Gasteiger partial charge is 0.464 e. The van der Waals surface area contributed by atoms with Gasteiger partial charge in [-0.25, -0.2) is 4.79 Å². The number of para-hydroxylation sites is 1. The third-order valence-corrected chi connectivity index (χ3v) is 4.12. The number of benzene rings is 1. The number of hydrogen-bond acceptors (Lipinski definition) is 2. The van der Waals surface area contributed by atoms with Crippen LogP contribution in [0, 0.1) is 3.57 Å². The number of carbonyl (C=O) groups is 1. The van der Waals surface area contributed by atoms with E-state index in [1.54, 1.807) is 0 Å². The van der Waals surface area contributed by atoms with Crippen molar-refractivity contribution < 1.29 is 9.53 Å². The van der Waals surface area contributed by atoms with E-state index in [-0.39, 0.29) is 5.97 Å². The summed E-state index contributed by atoms with van der Waals surface area (Å²) in [6, 6.07) is 8.10. The van der Waals surface area contributed by atoms with E-state index in [0.717, 1.165) is 33.9 Å². The van der Waals surface area contributed by atoms with Crippen molar-refractivity contribution >= 4 is 39.5 Å². The van der Waals surface area contributed by atoms with E-state index in [2.05, 4.69) is 40.1 Å². The topological polar surface area (TPSA) is 31.2 Å². The normalized spacial score (nSPS) is 10.8. The van der Waals surface area contributed by atoms with Crippen molar-refractivity contribution in [1.29, 1.82) is 0 Å². The SMILES string of the molecule is CCCCn1c(C(=O)OC)c(I)c2ccccc21. The van der Waals surface area contributed by atoms with Crippen molar-refractivity contribution in [2.45, 2.75) is 26.3 Å². The maximum Gasteiger partial charge on any atom is 0.355 e. The molecule has 0 N–H and O–H groups in total. The number of aryl methyl sites for hydroxylation is 1. The van der Waals surface area contributed by atoms with Gasteiger partial charge in [-0.05, 0) is 35.1 Å². The highest BCUT2D eigenvalue weighted by atomic mass is 127. The molecule has 2 aromatic rings. The molecule has 1 aromatic heterocycles. The molecule has 0 amide bonds. The van der Waals surface area contributed by atoms with Crippen LogP contribution in [-0.2, 0) is 11.3 Å². The molecule has 0 radical (unpaired) electrons. The second-order valence-electron chi connectivity index (χ2n) is 4.18. The van der Waals surface area contributed by atoms with Crippen LogP contribution in [0.15, 0.2) is 24.3 Å². The molecule has 4 heteroatoms. The van der Waals surface area contributed by atoms with Crippen LogP contribution in [0.4, 0.5) is 0 Å². The average Bonchev–Trinajstić information content (AvgIpc) is 2.69. The summed E-state index contributed by atoms with van der Waals surface area (Å²) < 4.78 is 7.96. The summed E-state index contributed by atoms with van der Waals surface area (Å²) in [6.07, 6.45) is 2.16. The fourth-order valence-corrected chi connectivity index (χ4v) is 3.07. The number of rotatable bonds is 4. The lowest BCUT2D eigenvalue weighted by atomic mass is 10.2. The lowest BCUT2D eigenvalue weighted by molar-refractivity contribution is 0.0587. The Labute approximate surface area is 120 Å². The highest BCUT2D eigenvalue weighted by Gasteiger charge is 2.21. The number of fused-ring (bicyclic) bond motifs is 1. The zero-order chi connectivity index (χ0) is 13.1. The standard InChI is InChI=1S/C14H16INO2/c1-3-4-9-16-11-8-6-5-7-10(11)12(15)13(16)14(17)18-2/h5-8H,3-4,9H2,1-2H3. The van der Waals surface area contributed by atoms with Gasteiger partial charge >= 0.3 is 5.97 Å². The second kappa shape index (κ2) is 5.73. The molecule has 3 nitrogen and oxygen atoms in total. The maximum atomic E-state index is 11.9. The molecular formula is C14H16INO2. The summed E-state index contributed by atoms with van der Waals surface area (Å²) >= 11 is 2.23. The highest BCUT2D eigenvalue weighted by Crippen LogP contribution is 2.28. The predicted octanol–water partition coefficient (Wildman–Crippen LogP) is 3.83. The zero-order valence-electron chi connectivity index (χ0n) is 10.6. The Morgan fingerprint density at radius 2 is 2.11 bits per heavy atom. The Kier molecular flexibility index (Phi) is 4.27. The summed E-state index contributed by atoms with van der Waals surface area (Å²) in [4.78, 5) is 11.9. The van der Waals surface area contributed by atoms with Crippen molar-refractivity contribution in [1.82, 2.24) is 4.57 Å². The quantitative estimate of drug-likeness (QED) is 0.615. The van der Waals surface area contributed by atoms with Crippen LogP contribution in [0.25, 0.3) is 10.9 Å². The summed E-state index contributed by atoms with van der Waals surface area (Å²) in [5.41, 5.74) is 1.78. The minimum Gasteiger partial charge on any atom is -0.464 e. The molecule has 2 rings (SSSR count). The third kappa shape index (κ3) is 2.25. The van der Waals surface area contributed by atoms with Gasteiger partial charge in [-0.1, -0.05) is 31.5 Å². The number of esters is 1. The van der Waals surface area contributed by atoms with E-state index in [4.69, 9.17) is 4.74 Å². The number of carbonyl (C=O) groups excluding carboxylic acids is 1. The molecule has 0 unspecified atom stereocenters. The Balaban J connectivity index is 2.65. The van der Waals surface area contributed by atoms with E-state index in [1.807, 2.05) is 18.2 Å². The highest BCUT2D eigenvalue weighted by molar-refractivity contribution is 14.1. The van der Waals surface area contributed by atoms with Crippen molar-refractivity contribution in [3.8, 4) is 0 Å². The summed E-state index contributed by atoms with van der Waals surface area (Å²) in [6.45, 7) is 3.00. The summed E-state index contributed by atoms with van der Waals surface area (Å²) in [7, 11) is 1.43. The molecule has 18 heavy (non-hydrogen) atoms. The molecule has 0 aliphatic heterocycles. The first-order valence-corrected chi connectivity index (χ1v) is 7.13. The van der Waals surface area contributed by atoms with Gasteiger partial charge in [0, 0.05) is 17.4 Å². The first-order valence-electron chi connectivity index (χ1n) is 6.05. The van der Waals surface area contributed by atoms with Crippen molar-refractivity contribution in [3.63, 3.8) is 0 Å². The van der Waals surface area contributed by atoms with Gasteiger partial charge in [0.15, 0.2) is 0 Å². The van der Waals surface area contributed by atoms with Crippen molar-refractivity contribution in [2.24, 2.45) is 0 Å². The minimum absolute atomic E-state index is 0.258. The Morgan fingerprint density at radius 3 is 2.78 bits per heavy atom. The molecule has 0 fully saturated rings. The van der Waals surface area contributed by atoms with Crippen LogP contribution in [0.5, 0.6) is 0 Å². The maximum absolute atomic E-state index is 11.9. The van der Waals surface area contributed by atoms with Gasteiger partial charge in [-0.2, -0.15) is 0 Å². The van der Waals surface area contributed by atoms with E-state index in [0.29, 0.717) is 5.69 Å². The Morgan fingerprint density at radius 1 is 1.39 bits per heavy atom. The van der Waals surface area contributed by atoms with E-state index >= 15 is 0 Å². The van der Waals surface area contributed by atoms with Gasteiger partial charge in [-0.15, -0.1) is 0 Å². The van der Waals surface area contributed by atoms with Crippen LogP contribution in [0.3, 0.4) is 0 Å². The molecule has 1 heterocycles. The van der Waals surface area contributed by atoms with Crippen LogP contribution in [0.1, 0.15) is 30.3 Å². The predicted molar refractivity (Wildman–Crippen MR) is 80.9 cm³/mol. The fraction of sp³-hybridized carbons (Fsp3) is 0.357. The first kappa shape index (κ1) is 13.4. The second-order valence-corrected chi connectivity index (χ2v) is 5.26. The molecule has 0 saturated heterocycles. The lowest BCUT2D eigenvalue weighted by Gasteiger charge is -2.08. The Hall–Kier alpha value is -1.04. The van der Waals surface area contributed by atoms with Crippen LogP contribution >= 0.6 is 22.6 Å². The Bertz CT molecular complexity index is 574. The molecule has 0 aliphatic carbocycles. The fourth-order valence-electron chi connectivity index (χ4n) is 2.11. The number of aromatic nitrogens is 1. The molecule has 0 bridgehead atoms. The average molecular weight is 357 g/mol. The summed E-state index contributed by atoms with van der Waals surface area (Å²) in [5, 5.41) is 1.12. The number of nitrogens with zero attached hydrogens (tertiary/aromatic N) is 1. The van der Waals surface area contributed by atoms with E-state index in [1.165, 1.54) is 7.11 Å². The van der Waals surface area contributed by atoms with Gasteiger partial charge < -0.3 is 9.30 Å². The minimum atomic E-state index is -0.258. The number of methoxy groups -OCH3 is 1. The number of halogens is 1. The van der Waals surface area contributed by atoms with Crippen LogP contribution < -0.4 is 0 Å².